The van der Waals surface area contributed by atoms with Crippen LogP contribution in [0.25, 0.3) is 0 Å². The van der Waals surface area contributed by atoms with E-state index in [0.29, 0.717) is 13.2 Å². The number of carbonyl (C=O) groups excluding carboxylic acids is 1. The lowest BCUT2D eigenvalue weighted by Crippen LogP contribution is -2.12. The number of carboxylic acid groups (broad SMARTS) is 1. The summed E-state index contributed by atoms with van der Waals surface area (Å²) in [6, 6.07) is 6.35. The summed E-state index contributed by atoms with van der Waals surface area (Å²) in [7, 11) is 0. The van der Waals surface area contributed by atoms with Crippen molar-refractivity contribution in [2.24, 2.45) is 0 Å². The van der Waals surface area contributed by atoms with E-state index in [1.54, 1.807) is 12.1 Å². The lowest BCUT2D eigenvalue weighted by atomic mass is 10.2. The van der Waals surface area contributed by atoms with Crippen LogP contribution in [0.1, 0.15) is 17.3 Å². The van der Waals surface area contributed by atoms with E-state index in [-0.39, 0.29) is 23.9 Å². The van der Waals surface area contributed by atoms with Gasteiger partial charge in [-0.1, -0.05) is 0 Å². The number of benzene rings is 1. The van der Waals surface area contributed by atoms with E-state index < -0.39 is 5.97 Å². The largest absolute Gasteiger partial charge is 0.478 e. The Bertz CT molecular complexity index is 416. The van der Waals surface area contributed by atoms with Crippen LogP contribution in [0.3, 0.4) is 0 Å². The lowest BCUT2D eigenvalue weighted by molar-refractivity contribution is -0.141. The Hall–Kier alpha value is -1.53. The van der Waals surface area contributed by atoms with Crippen molar-refractivity contribution in [2.45, 2.75) is 11.8 Å². The molecular weight excluding hydrogens is 268 g/mol. The molecule has 0 aliphatic carbocycles. The summed E-state index contributed by atoms with van der Waals surface area (Å²) < 4.78 is 9.99. The maximum Gasteiger partial charge on any atom is 0.335 e. The molecule has 1 rings (SSSR count). The first-order chi connectivity index (χ1) is 9.13. The van der Waals surface area contributed by atoms with Gasteiger partial charge in [-0.2, -0.15) is 0 Å². The summed E-state index contributed by atoms with van der Waals surface area (Å²) in [5, 5.41) is 8.74. The monoisotopic (exact) mass is 284 g/mol. The minimum absolute atomic E-state index is 0.193. The number of aromatic carboxylic acids is 1. The normalized spacial score (nSPS) is 10.2. The number of carbonyl (C=O) groups is 2. The number of rotatable bonds is 8. The van der Waals surface area contributed by atoms with Crippen LogP contribution in [0.15, 0.2) is 29.2 Å². The second kappa shape index (κ2) is 8.55. The first kappa shape index (κ1) is 15.5. The number of hydrogen-bond donors (Lipinski definition) is 1. The molecule has 1 N–H and O–H groups in total. The maximum absolute atomic E-state index is 11.4. The molecule has 0 amide bonds. The molecule has 0 saturated heterocycles. The van der Waals surface area contributed by atoms with Gasteiger partial charge in [-0.05, 0) is 31.2 Å². The topological polar surface area (TPSA) is 72.8 Å². The van der Waals surface area contributed by atoms with Crippen molar-refractivity contribution in [1.82, 2.24) is 0 Å². The van der Waals surface area contributed by atoms with Crippen molar-refractivity contribution in [3.8, 4) is 0 Å². The molecule has 1 aromatic rings. The zero-order valence-corrected chi connectivity index (χ0v) is 11.4. The van der Waals surface area contributed by atoms with Gasteiger partial charge < -0.3 is 14.6 Å². The highest BCUT2D eigenvalue weighted by atomic mass is 32.2. The van der Waals surface area contributed by atoms with Gasteiger partial charge in [-0.15, -0.1) is 11.8 Å². The fourth-order valence-corrected chi connectivity index (χ4v) is 1.93. The van der Waals surface area contributed by atoms with Gasteiger partial charge in [0, 0.05) is 11.5 Å². The third-order valence-corrected chi connectivity index (χ3v) is 3.14. The second-order valence-electron chi connectivity index (χ2n) is 3.54. The SMILES string of the molecule is CCOCCOC(=O)CSc1ccc(C(=O)O)cc1. The summed E-state index contributed by atoms with van der Waals surface area (Å²) in [6.45, 7) is 3.13. The minimum atomic E-state index is -0.966. The first-order valence-electron chi connectivity index (χ1n) is 5.83. The number of esters is 1. The van der Waals surface area contributed by atoms with Crippen molar-refractivity contribution < 1.29 is 24.2 Å². The highest BCUT2D eigenvalue weighted by Crippen LogP contribution is 2.18. The van der Waals surface area contributed by atoms with E-state index in [0.717, 1.165) is 4.90 Å². The van der Waals surface area contributed by atoms with E-state index >= 15 is 0 Å². The van der Waals surface area contributed by atoms with Crippen LogP contribution in [0, 0.1) is 0 Å². The number of carboxylic acids is 1. The molecule has 0 heterocycles. The Morgan fingerprint density at radius 1 is 1.21 bits per heavy atom. The first-order valence-corrected chi connectivity index (χ1v) is 6.81. The maximum atomic E-state index is 11.4. The highest BCUT2D eigenvalue weighted by molar-refractivity contribution is 8.00. The number of thioether (sulfide) groups is 1. The third kappa shape index (κ3) is 6.26. The molecule has 0 radical (unpaired) electrons. The van der Waals surface area contributed by atoms with Crippen molar-refractivity contribution in [3.05, 3.63) is 29.8 Å². The van der Waals surface area contributed by atoms with Crippen molar-refractivity contribution in [3.63, 3.8) is 0 Å². The minimum Gasteiger partial charge on any atom is -0.478 e. The molecule has 0 fully saturated rings. The molecular formula is C13H16O5S. The van der Waals surface area contributed by atoms with Gasteiger partial charge in [0.25, 0.3) is 0 Å². The average Bonchev–Trinajstić information content (AvgIpc) is 2.42. The Morgan fingerprint density at radius 2 is 1.89 bits per heavy atom. The van der Waals surface area contributed by atoms with Crippen LogP contribution in [-0.4, -0.2) is 42.6 Å². The van der Waals surface area contributed by atoms with Crippen LogP contribution in [0.2, 0.25) is 0 Å². The smallest absolute Gasteiger partial charge is 0.335 e. The van der Waals surface area contributed by atoms with Crippen molar-refractivity contribution in [2.75, 3.05) is 25.6 Å². The van der Waals surface area contributed by atoms with Crippen LogP contribution in [-0.2, 0) is 14.3 Å². The standard InChI is InChI=1S/C13H16O5S/c1-2-17-7-8-18-12(14)9-19-11-5-3-10(4-6-11)13(15)16/h3-6H,2,7-9H2,1H3,(H,15,16). The average molecular weight is 284 g/mol. The summed E-state index contributed by atoms with van der Waals surface area (Å²) in [5.41, 5.74) is 0.226. The summed E-state index contributed by atoms with van der Waals surface area (Å²) >= 11 is 1.30. The van der Waals surface area contributed by atoms with Gasteiger partial charge in [0.05, 0.1) is 17.9 Å². The number of hydrogen-bond acceptors (Lipinski definition) is 5. The van der Waals surface area contributed by atoms with E-state index in [1.165, 1.54) is 23.9 Å². The van der Waals surface area contributed by atoms with E-state index in [2.05, 4.69) is 0 Å². The zero-order chi connectivity index (χ0) is 14.1. The molecule has 0 unspecified atom stereocenters. The predicted molar refractivity (Wildman–Crippen MR) is 71.6 cm³/mol. The van der Waals surface area contributed by atoms with Crippen LogP contribution in [0.4, 0.5) is 0 Å². The third-order valence-electron chi connectivity index (χ3n) is 2.15. The van der Waals surface area contributed by atoms with Crippen LogP contribution in [0.5, 0.6) is 0 Å². The molecule has 6 heteroatoms. The number of ether oxygens (including phenoxy) is 2. The van der Waals surface area contributed by atoms with Gasteiger partial charge >= 0.3 is 11.9 Å². The van der Waals surface area contributed by atoms with E-state index in [4.69, 9.17) is 14.6 Å². The van der Waals surface area contributed by atoms with Crippen molar-refractivity contribution in [1.29, 1.82) is 0 Å². The molecule has 5 nitrogen and oxygen atoms in total. The van der Waals surface area contributed by atoms with Crippen molar-refractivity contribution >= 4 is 23.7 Å². The molecule has 0 bridgehead atoms. The van der Waals surface area contributed by atoms with Gasteiger partial charge in [0.2, 0.25) is 0 Å². The van der Waals surface area contributed by atoms with Gasteiger partial charge in [-0.3, -0.25) is 4.79 Å². The van der Waals surface area contributed by atoms with Gasteiger partial charge in [0.15, 0.2) is 0 Å². The molecule has 19 heavy (non-hydrogen) atoms. The second-order valence-corrected chi connectivity index (χ2v) is 4.58. The molecule has 0 aliphatic rings. The van der Waals surface area contributed by atoms with E-state index in [9.17, 15) is 9.59 Å². The zero-order valence-electron chi connectivity index (χ0n) is 10.6. The molecule has 0 aromatic heterocycles. The Labute approximate surface area is 115 Å². The molecule has 104 valence electrons. The molecule has 0 atom stereocenters. The molecule has 0 saturated carbocycles. The van der Waals surface area contributed by atoms with Gasteiger partial charge in [-0.25, -0.2) is 4.79 Å². The molecule has 0 spiro atoms. The Kier molecular flexibility index (Phi) is 6.99. The van der Waals surface area contributed by atoms with Gasteiger partial charge in [0.1, 0.15) is 6.61 Å². The summed E-state index contributed by atoms with van der Waals surface area (Å²) in [6.07, 6.45) is 0. The highest BCUT2D eigenvalue weighted by Gasteiger charge is 2.06. The Balaban J connectivity index is 2.28. The summed E-state index contributed by atoms with van der Waals surface area (Å²) in [4.78, 5) is 22.8. The Morgan fingerprint density at radius 3 is 2.47 bits per heavy atom. The lowest BCUT2D eigenvalue weighted by Gasteiger charge is -2.05. The quantitative estimate of drug-likeness (QED) is 0.447. The van der Waals surface area contributed by atoms with Crippen LogP contribution >= 0.6 is 11.8 Å². The summed E-state index contributed by atoms with van der Waals surface area (Å²) in [5.74, 6) is -1.09. The molecule has 0 aliphatic heterocycles. The fourth-order valence-electron chi connectivity index (χ4n) is 1.24. The fraction of sp³-hybridized carbons (Fsp3) is 0.385. The molecule has 1 aromatic carbocycles. The predicted octanol–water partition coefficient (Wildman–Crippen LogP) is 2.06. The van der Waals surface area contributed by atoms with E-state index in [1.807, 2.05) is 6.92 Å². The van der Waals surface area contributed by atoms with Crippen LogP contribution < -0.4 is 0 Å².